The Morgan fingerprint density at radius 3 is 2.32 bits per heavy atom. The summed E-state index contributed by atoms with van der Waals surface area (Å²) in [7, 11) is 1.25. The second-order valence-corrected chi connectivity index (χ2v) is 5.71. The van der Waals surface area contributed by atoms with E-state index in [2.05, 4.69) is 15.4 Å². The van der Waals surface area contributed by atoms with E-state index in [4.69, 9.17) is 11.6 Å². The number of carbonyl (C=O) groups is 3. The molecule has 0 fully saturated rings. The van der Waals surface area contributed by atoms with E-state index >= 15 is 0 Å². The molecule has 0 heterocycles. The Morgan fingerprint density at radius 1 is 1.00 bits per heavy atom. The molecule has 25 heavy (non-hydrogen) atoms. The zero-order valence-corrected chi connectivity index (χ0v) is 14.5. The molecule has 0 saturated carbocycles. The van der Waals surface area contributed by atoms with Gasteiger partial charge in [-0.2, -0.15) is 0 Å². The van der Waals surface area contributed by atoms with Crippen LogP contribution in [0, 0.1) is 6.92 Å². The molecular formula is C18H17ClN2O4. The number of esters is 1. The van der Waals surface area contributed by atoms with Crippen LogP contribution < -0.4 is 10.6 Å². The molecule has 0 aromatic heterocycles. The van der Waals surface area contributed by atoms with Crippen molar-refractivity contribution in [2.75, 3.05) is 17.7 Å². The van der Waals surface area contributed by atoms with Crippen LogP contribution >= 0.6 is 11.6 Å². The largest absolute Gasteiger partial charge is 0.465 e. The topological polar surface area (TPSA) is 84.5 Å². The number of benzene rings is 2. The Hall–Kier alpha value is -2.86. The minimum Gasteiger partial charge on any atom is -0.465 e. The zero-order valence-electron chi connectivity index (χ0n) is 13.8. The number of carbonyl (C=O) groups excluding carboxylic acids is 3. The average molecular weight is 361 g/mol. The first-order chi connectivity index (χ1) is 11.9. The lowest BCUT2D eigenvalue weighted by Gasteiger charge is -2.11. The SMILES string of the molecule is COC(=O)c1ccccc1NC(=O)CC(=O)Nc1cc(Cl)ccc1C. The fourth-order valence-electron chi connectivity index (χ4n) is 2.14. The molecule has 6 nitrogen and oxygen atoms in total. The molecule has 0 aliphatic heterocycles. The maximum absolute atomic E-state index is 12.1. The maximum Gasteiger partial charge on any atom is 0.339 e. The molecule has 0 aliphatic rings. The summed E-state index contributed by atoms with van der Waals surface area (Å²) < 4.78 is 4.66. The number of ether oxygens (including phenoxy) is 1. The fraction of sp³-hybridized carbons (Fsp3) is 0.167. The monoisotopic (exact) mass is 360 g/mol. The van der Waals surface area contributed by atoms with Crippen molar-refractivity contribution in [3.05, 3.63) is 58.6 Å². The second-order valence-electron chi connectivity index (χ2n) is 5.27. The Balaban J connectivity index is 2.02. The van der Waals surface area contributed by atoms with Gasteiger partial charge in [0.05, 0.1) is 18.4 Å². The van der Waals surface area contributed by atoms with Crippen molar-refractivity contribution < 1.29 is 19.1 Å². The van der Waals surface area contributed by atoms with Crippen LogP contribution in [-0.4, -0.2) is 24.9 Å². The van der Waals surface area contributed by atoms with Gasteiger partial charge >= 0.3 is 5.97 Å². The zero-order chi connectivity index (χ0) is 18.4. The minimum absolute atomic E-state index is 0.212. The molecule has 2 N–H and O–H groups in total. The first-order valence-corrected chi connectivity index (χ1v) is 7.81. The molecule has 0 aliphatic carbocycles. The molecule has 0 radical (unpaired) electrons. The standard InChI is InChI=1S/C18H17ClN2O4/c1-11-7-8-12(19)9-15(11)21-17(23)10-16(22)20-14-6-4-3-5-13(14)18(24)25-2/h3-9H,10H2,1-2H3,(H,20,22)(H,21,23). The van der Waals surface area contributed by atoms with E-state index in [1.54, 1.807) is 36.4 Å². The molecule has 0 unspecified atom stereocenters. The molecule has 2 aromatic carbocycles. The van der Waals surface area contributed by atoms with Crippen LogP contribution in [0.4, 0.5) is 11.4 Å². The molecule has 0 bridgehead atoms. The van der Waals surface area contributed by atoms with Crippen LogP contribution in [-0.2, 0) is 14.3 Å². The number of aryl methyl sites for hydroxylation is 1. The summed E-state index contributed by atoms with van der Waals surface area (Å²) in [6.07, 6.45) is -0.401. The summed E-state index contributed by atoms with van der Waals surface area (Å²) in [4.78, 5) is 35.8. The number of rotatable bonds is 5. The van der Waals surface area contributed by atoms with Gasteiger partial charge < -0.3 is 15.4 Å². The molecule has 130 valence electrons. The first kappa shape index (κ1) is 18.5. The summed E-state index contributed by atoms with van der Waals surface area (Å²) in [5.74, 6) is -1.61. The van der Waals surface area contributed by atoms with E-state index < -0.39 is 24.2 Å². The lowest BCUT2D eigenvalue weighted by molar-refractivity contribution is -0.123. The van der Waals surface area contributed by atoms with Gasteiger partial charge in [-0.3, -0.25) is 9.59 Å². The average Bonchev–Trinajstić information content (AvgIpc) is 2.57. The predicted octanol–water partition coefficient (Wildman–Crippen LogP) is 3.40. The van der Waals surface area contributed by atoms with Gasteiger partial charge in [-0.25, -0.2) is 4.79 Å². The highest BCUT2D eigenvalue weighted by atomic mass is 35.5. The van der Waals surface area contributed by atoms with E-state index in [1.165, 1.54) is 13.2 Å². The van der Waals surface area contributed by atoms with E-state index in [1.807, 2.05) is 6.92 Å². The van der Waals surface area contributed by atoms with Crippen LogP contribution in [0.5, 0.6) is 0 Å². The number of para-hydroxylation sites is 1. The van der Waals surface area contributed by atoms with E-state index in [0.29, 0.717) is 10.7 Å². The lowest BCUT2D eigenvalue weighted by atomic mass is 10.1. The Morgan fingerprint density at radius 2 is 1.64 bits per heavy atom. The maximum atomic E-state index is 12.1. The van der Waals surface area contributed by atoms with Crippen molar-refractivity contribution in [3.63, 3.8) is 0 Å². The molecule has 0 atom stereocenters. The molecule has 2 aromatic rings. The number of amides is 2. The number of halogens is 1. The Kier molecular flexibility index (Phi) is 6.14. The number of hydrogen-bond donors (Lipinski definition) is 2. The summed E-state index contributed by atoms with van der Waals surface area (Å²) >= 11 is 5.90. The quantitative estimate of drug-likeness (QED) is 0.632. The normalized spacial score (nSPS) is 10.0. The van der Waals surface area contributed by atoms with E-state index in [-0.39, 0.29) is 11.3 Å². The van der Waals surface area contributed by atoms with Gasteiger partial charge in [-0.15, -0.1) is 0 Å². The van der Waals surface area contributed by atoms with Gasteiger partial charge in [0, 0.05) is 10.7 Å². The molecular weight excluding hydrogens is 344 g/mol. The molecule has 2 rings (SSSR count). The van der Waals surface area contributed by atoms with Crippen molar-refractivity contribution in [2.24, 2.45) is 0 Å². The number of methoxy groups -OCH3 is 1. The Bertz CT molecular complexity index is 820. The molecule has 2 amide bonds. The summed E-state index contributed by atoms with van der Waals surface area (Å²) in [6.45, 7) is 1.82. The molecule has 0 spiro atoms. The lowest BCUT2D eigenvalue weighted by Crippen LogP contribution is -2.22. The van der Waals surface area contributed by atoms with E-state index in [9.17, 15) is 14.4 Å². The third-order valence-electron chi connectivity index (χ3n) is 3.40. The van der Waals surface area contributed by atoms with Gasteiger partial charge in [-0.1, -0.05) is 29.8 Å². The van der Waals surface area contributed by atoms with Crippen molar-refractivity contribution >= 4 is 40.8 Å². The highest BCUT2D eigenvalue weighted by Gasteiger charge is 2.16. The fourth-order valence-corrected chi connectivity index (χ4v) is 2.32. The summed E-state index contributed by atoms with van der Waals surface area (Å²) in [5.41, 5.74) is 1.87. The minimum atomic E-state index is -0.574. The van der Waals surface area contributed by atoms with Crippen molar-refractivity contribution in [1.82, 2.24) is 0 Å². The smallest absolute Gasteiger partial charge is 0.339 e. The van der Waals surface area contributed by atoms with Crippen LogP contribution in [0.1, 0.15) is 22.3 Å². The van der Waals surface area contributed by atoms with Crippen molar-refractivity contribution in [2.45, 2.75) is 13.3 Å². The van der Waals surface area contributed by atoms with Crippen LogP contribution in [0.25, 0.3) is 0 Å². The highest BCUT2D eigenvalue weighted by molar-refractivity contribution is 6.31. The Labute approximate surface area is 150 Å². The predicted molar refractivity (Wildman–Crippen MR) is 95.8 cm³/mol. The summed E-state index contributed by atoms with van der Waals surface area (Å²) in [6, 6.07) is 11.5. The van der Waals surface area contributed by atoms with Gasteiger partial charge in [0.1, 0.15) is 6.42 Å². The van der Waals surface area contributed by atoms with Gasteiger partial charge in [0.25, 0.3) is 0 Å². The molecule has 0 saturated heterocycles. The van der Waals surface area contributed by atoms with Gasteiger partial charge in [0.15, 0.2) is 0 Å². The van der Waals surface area contributed by atoms with E-state index in [0.717, 1.165) is 5.56 Å². The van der Waals surface area contributed by atoms with Crippen molar-refractivity contribution in [1.29, 1.82) is 0 Å². The van der Waals surface area contributed by atoms with Crippen molar-refractivity contribution in [3.8, 4) is 0 Å². The first-order valence-electron chi connectivity index (χ1n) is 7.44. The summed E-state index contributed by atoms with van der Waals surface area (Å²) in [5, 5.41) is 5.67. The molecule has 7 heteroatoms. The van der Waals surface area contributed by atoms with Gasteiger partial charge in [0.2, 0.25) is 11.8 Å². The highest BCUT2D eigenvalue weighted by Crippen LogP contribution is 2.20. The third-order valence-corrected chi connectivity index (χ3v) is 3.64. The number of hydrogen-bond acceptors (Lipinski definition) is 4. The third kappa shape index (κ3) is 5.06. The van der Waals surface area contributed by atoms with Crippen LogP contribution in [0.3, 0.4) is 0 Å². The van der Waals surface area contributed by atoms with Crippen LogP contribution in [0.2, 0.25) is 5.02 Å². The van der Waals surface area contributed by atoms with Gasteiger partial charge in [-0.05, 0) is 36.8 Å². The second kappa shape index (κ2) is 8.30. The number of anilines is 2. The number of nitrogens with one attached hydrogen (secondary N) is 2. The van der Waals surface area contributed by atoms with Crippen LogP contribution in [0.15, 0.2) is 42.5 Å².